The third-order valence-corrected chi connectivity index (χ3v) is 10.1. The zero-order valence-electron chi connectivity index (χ0n) is 26.4. The Hall–Kier alpha value is -2.90. The van der Waals surface area contributed by atoms with E-state index in [0.717, 1.165) is 55.7 Å². The number of methoxy groups -OCH3 is 1. The van der Waals surface area contributed by atoms with Crippen molar-refractivity contribution in [1.29, 1.82) is 0 Å². The molecule has 0 bridgehead atoms. The van der Waals surface area contributed by atoms with Gasteiger partial charge in [0.1, 0.15) is 30.9 Å². The standard InChI is InChI=1S/C32H45N5O6S/c1-6-32(3,4)28(30(40)37-18-25(42-7-2)27-26(37)24(38)19-43-27)34-29(39)22-10-8-21(9-11-22)23-20-44-31(33-23)36-14-12-35(13-15-36)16-17-41-5/h8-11,20,25-28H,6-7,12-19H2,1-5H3,(H,34,39)/t25-,26+,27-,28+/m0/s1. The lowest BCUT2D eigenvalue weighted by Gasteiger charge is -2.36. The summed E-state index contributed by atoms with van der Waals surface area (Å²) in [7, 11) is 1.73. The summed E-state index contributed by atoms with van der Waals surface area (Å²) in [6.07, 6.45) is -0.194. The second-order valence-corrected chi connectivity index (χ2v) is 13.2. The molecule has 1 aromatic carbocycles. The van der Waals surface area contributed by atoms with Crippen LogP contribution in [0.1, 0.15) is 44.5 Å². The fourth-order valence-electron chi connectivity index (χ4n) is 6.09. The van der Waals surface area contributed by atoms with Crippen LogP contribution in [-0.2, 0) is 23.8 Å². The molecule has 2 amide bonds. The molecule has 44 heavy (non-hydrogen) atoms. The van der Waals surface area contributed by atoms with E-state index in [1.165, 1.54) is 0 Å². The number of ketones is 1. The minimum Gasteiger partial charge on any atom is -0.383 e. The number of nitrogens with one attached hydrogen (secondary N) is 1. The van der Waals surface area contributed by atoms with E-state index < -0.39 is 23.6 Å². The predicted molar refractivity (Wildman–Crippen MR) is 169 cm³/mol. The first-order valence-electron chi connectivity index (χ1n) is 15.6. The molecule has 11 nitrogen and oxygen atoms in total. The molecule has 3 fully saturated rings. The van der Waals surface area contributed by atoms with Gasteiger partial charge >= 0.3 is 0 Å². The smallest absolute Gasteiger partial charge is 0.251 e. The molecule has 1 N–H and O–H groups in total. The molecule has 2 aromatic rings. The number of amides is 2. The SMILES string of the molecule is CCO[C@H]1CN(C(=O)[C@@H](NC(=O)c2ccc(-c3csc(N4CCN(CCOC)CC4)n3)cc2)C(C)(C)CC)[C@@H]2C(=O)CO[C@@H]12. The first kappa shape index (κ1) is 32.5. The molecule has 0 unspecified atom stereocenters. The number of piperazine rings is 1. The van der Waals surface area contributed by atoms with Gasteiger partial charge in [0.05, 0.1) is 18.8 Å². The molecule has 0 saturated carbocycles. The van der Waals surface area contributed by atoms with E-state index in [-0.39, 0.29) is 36.9 Å². The second kappa shape index (κ2) is 14.0. The maximum atomic E-state index is 14.0. The molecular weight excluding hydrogens is 582 g/mol. The number of fused-ring (bicyclic) bond motifs is 1. The zero-order valence-corrected chi connectivity index (χ0v) is 27.2. The highest BCUT2D eigenvalue weighted by Gasteiger charge is 2.54. The summed E-state index contributed by atoms with van der Waals surface area (Å²) in [5.41, 5.74) is 1.69. The first-order valence-corrected chi connectivity index (χ1v) is 16.4. The maximum absolute atomic E-state index is 14.0. The third kappa shape index (κ3) is 6.84. The number of anilines is 1. The van der Waals surface area contributed by atoms with Crippen LogP contribution in [0.3, 0.4) is 0 Å². The van der Waals surface area contributed by atoms with Gasteiger partial charge in [0.2, 0.25) is 5.91 Å². The average molecular weight is 628 g/mol. The normalized spacial score (nSPS) is 23.2. The fourth-order valence-corrected chi connectivity index (χ4v) is 6.98. The van der Waals surface area contributed by atoms with E-state index in [1.54, 1.807) is 35.5 Å². The van der Waals surface area contributed by atoms with E-state index in [2.05, 4.69) is 15.1 Å². The van der Waals surface area contributed by atoms with Gasteiger partial charge in [-0.3, -0.25) is 19.3 Å². The number of aromatic nitrogens is 1. The van der Waals surface area contributed by atoms with Crippen molar-refractivity contribution in [3.8, 4) is 11.3 Å². The molecule has 3 aliphatic rings. The Morgan fingerprint density at radius 3 is 2.55 bits per heavy atom. The number of Topliss-reactive ketones (excluding diaryl/α,β-unsaturated/α-hetero) is 1. The maximum Gasteiger partial charge on any atom is 0.251 e. The Morgan fingerprint density at radius 2 is 1.89 bits per heavy atom. The average Bonchev–Trinajstić information content (AvgIpc) is 3.77. The second-order valence-electron chi connectivity index (χ2n) is 12.3. The van der Waals surface area contributed by atoms with Crippen LogP contribution in [0.2, 0.25) is 0 Å². The van der Waals surface area contributed by atoms with Crippen LogP contribution < -0.4 is 10.2 Å². The molecule has 12 heteroatoms. The van der Waals surface area contributed by atoms with Crippen molar-refractivity contribution in [2.24, 2.45) is 5.41 Å². The van der Waals surface area contributed by atoms with Gasteiger partial charge in [0.15, 0.2) is 10.9 Å². The Morgan fingerprint density at radius 1 is 1.16 bits per heavy atom. The number of carbonyl (C=O) groups excluding carboxylic acids is 3. The first-order chi connectivity index (χ1) is 21.2. The molecule has 0 aliphatic carbocycles. The number of ether oxygens (including phenoxy) is 3. The van der Waals surface area contributed by atoms with E-state index in [4.69, 9.17) is 19.2 Å². The molecule has 5 rings (SSSR count). The number of rotatable bonds is 12. The Bertz CT molecular complexity index is 1310. The third-order valence-electron chi connectivity index (χ3n) is 9.21. The summed E-state index contributed by atoms with van der Waals surface area (Å²) < 4.78 is 16.7. The number of nitrogens with zero attached hydrogens (tertiary/aromatic N) is 4. The van der Waals surface area contributed by atoms with Crippen molar-refractivity contribution in [3.05, 3.63) is 35.2 Å². The van der Waals surface area contributed by atoms with E-state index >= 15 is 0 Å². The van der Waals surface area contributed by atoms with Crippen LogP contribution in [0.5, 0.6) is 0 Å². The monoisotopic (exact) mass is 627 g/mol. The predicted octanol–water partition coefficient (Wildman–Crippen LogP) is 2.70. The quantitative estimate of drug-likeness (QED) is 0.380. The molecule has 0 spiro atoms. The number of benzene rings is 1. The number of hydrogen-bond acceptors (Lipinski definition) is 10. The van der Waals surface area contributed by atoms with Gasteiger partial charge in [0.25, 0.3) is 5.91 Å². The highest BCUT2D eigenvalue weighted by atomic mass is 32.1. The number of hydrogen-bond donors (Lipinski definition) is 1. The van der Waals surface area contributed by atoms with Gasteiger partial charge in [-0.1, -0.05) is 32.9 Å². The van der Waals surface area contributed by atoms with Crippen molar-refractivity contribution >= 4 is 34.1 Å². The van der Waals surface area contributed by atoms with Crippen molar-refractivity contribution < 1.29 is 28.6 Å². The van der Waals surface area contributed by atoms with Gasteiger partial charge < -0.3 is 29.3 Å². The molecule has 1 aromatic heterocycles. The molecular formula is C32H45N5O6S. The lowest BCUT2D eigenvalue weighted by atomic mass is 9.80. The summed E-state index contributed by atoms with van der Waals surface area (Å²) in [5, 5.41) is 6.06. The van der Waals surface area contributed by atoms with Crippen molar-refractivity contribution in [3.63, 3.8) is 0 Å². The van der Waals surface area contributed by atoms with Crippen LogP contribution in [0.25, 0.3) is 11.3 Å². The van der Waals surface area contributed by atoms with Crippen molar-refractivity contribution in [2.75, 3.05) is 71.1 Å². The van der Waals surface area contributed by atoms with E-state index in [9.17, 15) is 14.4 Å². The van der Waals surface area contributed by atoms with Gasteiger partial charge in [-0.05, 0) is 30.9 Å². The van der Waals surface area contributed by atoms with Gasteiger partial charge in [-0.25, -0.2) is 4.98 Å². The summed E-state index contributed by atoms with van der Waals surface area (Å²) in [6.45, 7) is 14.0. The molecule has 3 saturated heterocycles. The van der Waals surface area contributed by atoms with E-state index in [1.807, 2.05) is 45.2 Å². The highest BCUT2D eigenvalue weighted by Crippen LogP contribution is 2.34. The molecule has 4 heterocycles. The summed E-state index contributed by atoms with van der Waals surface area (Å²) in [6, 6.07) is 5.81. The van der Waals surface area contributed by atoms with Crippen molar-refractivity contribution in [2.45, 2.75) is 58.4 Å². The lowest BCUT2D eigenvalue weighted by molar-refractivity contribution is -0.140. The highest BCUT2D eigenvalue weighted by molar-refractivity contribution is 7.14. The molecule has 240 valence electrons. The van der Waals surface area contributed by atoms with Gasteiger partial charge in [-0.15, -0.1) is 11.3 Å². The topological polar surface area (TPSA) is 114 Å². The number of likely N-dealkylation sites (tertiary alicyclic amines) is 1. The molecule has 0 radical (unpaired) electrons. The zero-order chi connectivity index (χ0) is 31.4. The Labute approximate surface area is 263 Å². The van der Waals surface area contributed by atoms with Crippen LogP contribution in [0.15, 0.2) is 29.6 Å². The molecule has 3 aliphatic heterocycles. The summed E-state index contributed by atoms with van der Waals surface area (Å²) in [5.74, 6) is -0.754. The Kier molecular flexibility index (Phi) is 10.4. The fraction of sp³-hybridized carbons (Fsp3) is 0.625. The van der Waals surface area contributed by atoms with Crippen LogP contribution >= 0.6 is 11.3 Å². The largest absolute Gasteiger partial charge is 0.383 e. The number of thiazole rings is 1. The van der Waals surface area contributed by atoms with Crippen LogP contribution in [0, 0.1) is 5.41 Å². The van der Waals surface area contributed by atoms with Crippen molar-refractivity contribution in [1.82, 2.24) is 20.1 Å². The van der Waals surface area contributed by atoms with Crippen LogP contribution in [0.4, 0.5) is 5.13 Å². The number of carbonyl (C=O) groups is 3. The Balaban J connectivity index is 1.25. The van der Waals surface area contributed by atoms with Crippen LogP contribution in [-0.4, -0.2) is 123 Å². The summed E-state index contributed by atoms with van der Waals surface area (Å²) in [4.78, 5) is 51.4. The minimum absolute atomic E-state index is 0.0325. The lowest BCUT2D eigenvalue weighted by Crippen LogP contribution is -2.57. The summed E-state index contributed by atoms with van der Waals surface area (Å²) >= 11 is 1.63. The van der Waals surface area contributed by atoms with Gasteiger partial charge in [0, 0.05) is 62.9 Å². The van der Waals surface area contributed by atoms with Gasteiger partial charge in [-0.2, -0.15) is 0 Å². The minimum atomic E-state index is -0.829. The van der Waals surface area contributed by atoms with E-state index in [0.29, 0.717) is 18.6 Å². The molecule has 4 atom stereocenters.